The quantitative estimate of drug-likeness (QED) is 0.106. The Hall–Kier alpha value is 6.63. The second-order valence-corrected chi connectivity index (χ2v) is 14.2. The van der Waals surface area contributed by atoms with Crippen molar-refractivity contribution in [2.45, 2.75) is 0 Å². The van der Waals surface area contributed by atoms with E-state index in [2.05, 4.69) is 0 Å². The van der Waals surface area contributed by atoms with E-state index < -0.39 is 95.6 Å². The third kappa shape index (κ3) is 42.6. The fourth-order valence-corrected chi connectivity index (χ4v) is 6.43. The van der Waals surface area contributed by atoms with Crippen LogP contribution in [-0.4, -0.2) is 72.3 Å². The van der Waals surface area contributed by atoms with Crippen LogP contribution in [0.1, 0.15) is 5.71 Å². The molecule has 0 heterocycles. The predicted molar refractivity (Wildman–Crippen MR) is 91.8 cm³/mol. The van der Waals surface area contributed by atoms with Gasteiger partial charge in [-0.05, 0) is 0 Å². The monoisotopic (exact) mass is 705 g/mol. The van der Waals surface area contributed by atoms with Gasteiger partial charge in [0.05, 0.1) is 0 Å². The molecule has 0 saturated heterocycles. The zero-order chi connectivity index (χ0) is 25.6. The van der Waals surface area contributed by atoms with Crippen molar-refractivity contribution >= 4 is 38.0 Å². The summed E-state index contributed by atoms with van der Waals surface area (Å²) in [5, 5.41) is 0. The Morgan fingerprint density at radius 3 is 0.632 bits per heavy atom. The van der Waals surface area contributed by atoms with Crippen LogP contribution in [0.15, 0.2) is 0 Å². The molecule has 0 saturated carbocycles. The van der Waals surface area contributed by atoms with E-state index in [9.17, 15) is 71.8 Å². The minimum atomic E-state index is -5.37. The fraction of sp³-hybridized carbons (Fsp3) is 1.00. The molecule has 194 valence electrons. The van der Waals surface area contributed by atoms with Crippen LogP contribution in [0.25, 0.3) is 0 Å². The fourth-order valence-electron chi connectivity index (χ4n) is 2.42. The first kappa shape index (κ1) is 60.0. The minimum Gasteiger partial charge on any atom is -0.810 e. The molecule has 0 spiro atoms. The molecular formula is C9H22N3Na6O15P5. The Balaban J connectivity index is -0.000000107. The summed E-state index contributed by atoms with van der Waals surface area (Å²) in [7, 11) is -26.8. The number of rotatable bonds is 16. The average Bonchev–Trinajstić information content (AvgIpc) is 2.41. The van der Waals surface area contributed by atoms with E-state index in [1.807, 2.05) is 0 Å². The van der Waals surface area contributed by atoms with Gasteiger partial charge in [-0.15, -0.1) is 0 Å². The van der Waals surface area contributed by atoms with Crippen molar-refractivity contribution in [1.82, 2.24) is 14.7 Å². The van der Waals surface area contributed by atoms with Crippen LogP contribution in [0, 0.1) is 0 Å². The van der Waals surface area contributed by atoms with Crippen molar-refractivity contribution in [3.05, 3.63) is 0 Å². The SMILES string of the molecule is O=P([O-])([O-])CN(CCN(CP(=O)([O-])[O-])CP(=O)([O-])[O-])CCN(CP(=O)([O-])[O-])CP(=O)([O-])[O-].[H+].[H+].[H+].[H+].[Na+].[Na+].[Na+].[Na+].[Na+].[Na+]. The molecule has 0 aromatic carbocycles. The summed E-state index contributed by atoms with van der Waals surface area (Å²) in [5.74, 6) is 0. The van der Waals surface area contributed by atoms with Gasteiger partial charge in [-0.2, -0.15) is 0 Å². The van der Waals surface area contributed by atoms with Crippen molar-refractivity contribution in [2.24, 2.45) is 0 Å². The van der Waals surface area contributed by atoms with Gasteiger partial charge in [0, 0.05) is 57.6 Å². The molecule has 29 heteroatoms. The van der Waals surface area contributed by atoms with Crippen molar-refractivity contribution in [3.63, 3.8) is 0 Å². The summed E-state index contributed by atoms with van der Waals surface area (Å²) in [6, 6.07) is 0. The van der Waals surface area contributed by atoms with Gasteiger partial charge >= 0.3 is 183 Å². The molecule has 0 unspecified atom stereocenters. The van der Waals surface area contributed by atoms with Gasteiger partial charge in [0.25, 0.3) is 0 Å². The van der Waals surface area contributed by atoms with Gasteiger partial charge in [-0.3, -0.25) is 14.7 Å². The smallest absolute Gasteiger partial charge is 0.810 e. The van der Waals surface area contributed by atoms with Gasteiger partial charge in [0.2, 0.25) is 0 Å². The average molecular weight is 705 g/mol. The first-order valence-electron chi connectivity index (χ1n) is 8.17. The molecular weight excluding hydrogens is 683 g/mol. The number of nitrogens with zero attached hydrogens (tertiary/aromatic N) is 3. The first-order valence-corrected chi connectivity index (χ1v) is 16.8. The molecule has 0 aromatic rings. The summed E-state index contributed by atoms with van der Waals surface area (Å²) >= 11 is 0. The van der Waals surface area contributed by atoms with Crippen LogP contribution < -0.4 is 226 Å². The summed E-state index contributed by atoms with van der Waals surface area (Å²) in [4.78, 5) is 111. The third-order valence-corrected chi connectivity index (χ3v) is 7.06. The first-order chi connectivity index (χ1) is 13.9. The summed E-state index contributed by atoms with van der Waals surface area (Å²) < 4.78 is 54.6. The van der Waals surface area contributed by atoms with E-state index in [0.717, 1.165) is 0 Å². The second kappa shape index (κ2) is 26.6. The molecule has 0 rings (SSSR count). The molecule has 0 aliphatic rings. The topological polar surface area (TPSA) is 326 Å². The van der Waals surface area contributed by atoms with Gasteiger partial charge < -0.3 is 71.8 Å². The van der Waals surface area contributed by atoms with Crippen LogP contribution in [0.4, 0.5) is 0 Å². The zero-order valence-electron chi connectivity index (χ0n) is 26.1. The third-order valence-electron chi connectivity index (χ3n) is 3.33. The maximum Gasteiger partial charge on any atom is 1.00 e. The molecule has 0 N–H and O–H groups in total. The Kier molecular flexibility index (Phi) is 41.9. The van der Waals surface area contributed by atoms with Gasteiger partial charge in [0.1, 0.15) is 0 Å². The van der Waals surface area contributed by atoms with Gasteiger partial charge in [0.15, 0.2) is 0 Å². The largest absolute Gasteiger partial charge is 1.00 e. The Labute approximate surface area is 359 Å². The Bertz CT molecular complexity index is 763. The van der Waals surface area contributed by atoms with Crippen LogP contribution in [0.5, 0.6) is 0 Å². The minimum absolute atomic E-state index is 0. The summed E-state index contributed by atoms with van der Waals surface area (Å²) in [5.41, 5.74) is 0. The number of hydrogen-bond donors (Lipinski definition) is 0. The molecule has 0 fully saturated rings. The molecule has 0 aromatic heterocycles. The van der Waals surface area contributed by atoms with Crippen LogP contribution >= 0.6 is 38.0 Å². The van der Waals surface area contributed by atoms with E-state index in [4.69, 9.17) is 0 Å². The van der Waals surface area contributed by atoms with Crippen LogP contribution in [0.2, 0.25) is 0 Å². The second-order valence-electron chi connectivity index (χ2n) is 6.67. The maximum absolute atomic E-state index is 11.1. The predicted octanol–water partition coefficient (Wildman–Crippen LogP) is -26.3. The molecule has 0 atom stereocenters. The van der Waals surface area contributed by atoms with Crippen molar-refractivity contribution in [2.75, 3.05) is 57.6 Å². The molecule has 0 aliphatic carbocycles. The van der Waals surface area contributed by atoms with Crippen LogP contribution in [0.3, 0.4) is 0 Å². The zero-order valence-corrected chi connectivity index (χ0v) is 38.5. The Morgan fingerprint density at radius 2 is 0.474 bits per heavy atom. The van der Waals surface area contributed by atoms with E-state index >= 15 is 0 Å². The van der Waals surface area contributed by atoms with E-state index in [0.29, 0.717) is 14.7 Å². The molecule has 0 aliphatic heterocycles. The van der Waals surface area contributed by atoms with E-state index in [1.54, 1.807) is 0 Å². The van der Waals surface area contributed by atoms with E-state index in [1.165, 1.54) is 0 Å². The molecule has 0 radical (unpaired) electrons. The standard InChI is InChI=1S/C9H28N3O15P5.6Na/c13-28(14,15)5-10(1-3-11(6-29(16,17)18)7-30(19,20)21)2-4-12(8-31(22,23)24)9-32(25,26)27;;;;;;/h1-9H2,(H2,13,14,15)(H2,16,17,18)(H2,19,20,21)(H2,22,23,24)(H2,25,26,27);;;;;;/q;6*+1/p-6. The van der Waals surface area contributed by atoms with Crippen molar-refractivity contribution in [3.8, 4) is 0 Å². The molecule has 18 nitrogen and oxygen atoms in total. The van der Waals surface area contributed by atoms with E-state index in [-0.39, 0.29) is 183 Å². The van der Waals surface area contributed by atoms with Crippen molar-refractivity contribution < 1.29 is 255 Å². The molecule has 0 amide bonds. The molecule has 38 heavy (non-hydrogen) atoms. The summed E-state index contributed by atoms with van der Waals surface area (Å²) in [6.07, 6.45) is -7.03. The van der Waals surface area contributed by atoms with Gasteiger partial charge in [-0.25, -0.2) is 0 Å². The summed E-state index contributed by atoms with van der Waals surface area (Å²) in [6.45, 7) is -2.82. The maximum atomic E-state index is 11.1. The van der Waals surface area contributed by atoms with Crippen molar-refractivity contribution in [1.29, 1.82) is 0 Å². The molecule has 0 bridgehead atoms. The number of hydrogen-bond acceptors (Lipinski definition) is 18. The Morgan fingerprint density at radius 1 is 0.342 bits per heavy atom. The normalized spacial score (nSPS) is 12.3. The van der Waals surface area contributed by atoms with Crippen LogP contribution in [-0.2, 0) is 22.8 Å². The van der Waals surface area contributed by atoms with Gasteiger partial charge in [-0.1, -0.05) is 38.0 Å².